The molecule has 0 fully saturated rings. The molecule has 7 heteroatoms. The van der Waals surface area contributed by atoms with E-state index in [1.807, 2.05) is 12.1 Å². The van der Waals surface area contributed by atoms with Gasteiger partial charge in [-0.15, -0.1) is 10.2 Å². The lowest BCUT2D eigenvalue weighted by atomic mass is 10.2. The Morgan fingerprint density at radius 2 is 2.12 bits per heavy atom. The molecule has 2 aromatic rings. The number of rotatable bonds is 2. The van der Waals surface area contributed by atoms with Crippen molar-refractivity contribution in [2.75, 3.05) is 18.7 Å². The molecule has 0 radical (unpaired) electrons. The van der Waals surface area contributed by atoms with Gasteiger partial charge in [0.05, 0.1) is 7.11 Å². The van der Waals surface area contributed by atoms with Crippen LogP contribution in [-0.2, 0) is 0 Å². The molecule has 0 amide bonds. The number of benzene rings is 1. The van der Waals surface area contributed by atoms with E-state index in [0.717, 1.165) is 10.0 Å². The number of aromatic nitrogens is 3. The minimum atomic E-state index is 0.157. The summed E-state index contributed by atoms with van der Waals surface area (Å²) in [5.74, 6) is 7.04. The van der Waals surface area contributed by atoms with E-state index in [-0.39, 0.29) is 5.95 Å². The molecule has 84 valence electrons. The molecule has 0 aliphatic carbocycles. The molecule has 0 saturated heterocycles. The van der Waals surface area contributed by atoms with Gasteiger partial charge < -0.3 is 16.3 Å². The predicted octanol–water partition coefficient (Wildman–Crippen LogP) is 1.01. The lowest BCUT2D eigenvalue weighted by Crippen LogP contribution is -2.13. The molecule has 0 aliphatic rings. The number of hydrogen-bond acceptors (Lipinski definition) is 5. The van der Waals surface area contributed by atoms with E-state index in [4.69, 9.17) is 16.3 Å². The van der Waals surface area contributed by atoms with E-state index in [9.17, 15) is 0 Å². The Hall–Kier alpha value is -1.76. The zero-order valence-electron chi connectivity index (χ0n) is 8.51. The zero-order chi connectivity index (χ0) is 11.7. The largest absolute Gasteiger partial charge is 0.497 e. The molecule has 0 aliphatic heterocycles. The van der Waals surface area contributed by atoms with Gasteiger partial charge in [0.25, 0.3) is 0 Å². The summed E-state index contributed by atoms with van der Waals surface area (Å²) in [4.78, 5) is 0. The van der Waals surface area contributed by atoms with Crippen molar-refractivity contribution in [1.29, 1.82) is 0 Å². The highest BCUT2D eigenvalue weighted by atomic mass is 79.9. The molecule has 1 heterocycles. The maximum atomic E-state index is 5.70. The Balaban J connectivity index is 2.59. The molecule has 0 spiro atoms. The molecule has 4 N–H and O–H groups in total. The first kappa shape index (κ1) is 10.7. The van der Waals surface area contributed by atoms with Crippen molar-refractivity contribution in [1.82, 2.24) is 14.9 Å². The lowest BCUT2D eigenvalue weighted by molar-refractivity contribution is 0.415. The molecule has 0 unspecified atom stereocenters. The number of nitrogens with zero attached hydrogens (tertiary/aromatic N) is 3. The Morgan fingerprint density at radius 1 is 1.38 bits per heavy atom. The Bertz CT molecular complexity index is 525. The molecule has 1 aromatic carbocycles. The molecule has 0 saturated carbocycles. The van der Waals surface area contributed by atoms with Gasteiger partial charge in [0.1, 0.15) is 5.75 Å². The zero-order valence-corrected chi connectivity index (χ0v) is 10.1. The number of nitrogen functional groups attached to an aromatic ring is 2. The van der Waals surface area contributed by atoms with Crippen LogP contribution in [0.4, 0.5) is 5.95 Å². The topological polar surface area (TPSA) is 92.0 Å². The summed E-state index contributed by atoms with van der Waals surface area (Å²) in [6.45, 7) is 0. The van der Waals surface area contributed by atoms with Crippen LogP contribution in [0.2, 0.25) is 0 Å². The van der Waals surface area contributed by atoms with E-state index in [2.05, 4.69) is 26.1 Å². The fourth-order valence-corrected chi connectivity index (χ4v) is 1.71. The summed E-state index contributed by atoms with van der Waals surface area (Å²) in [6, 6.07) is 5.48. The van der Waals surface area contributed by atoms with Crippen molar-refractivity contribution in [3.63, 3.8) is 0 Å². The van der Waals surface area contributed by atoms with Gasteiger partial charge in [-0.3, -0.25) is 0 Å². The van der Waals surface area contributed by atoms with Crippen molar-refractivity contribution >= 4 is 21.9 Å². The summed E-state index contributed by atoms with van der Waals surface area (Å²) in [7, 11) is 1.59. The van der Waals surface area contributed by atoms with Crippen LogP contribution in [-0.4, -0.2) is 22.0 Å². The van der Waals surface area contributed by atoms with Crippen molar-refractivity contribution in [2.45, 2.75) is 0 Å². The summed E-state index contributed by atoms with van der Waals surface area (Å²) in [5.41, 5.74) is 6.29. The predicted molar refractivity (Wildman–Crippen MR) is 64.3 cm³/mol. The number of methoxy groups -OCH3 is 1. The van der Waals surface area contributed by atoms with Crippen LogP contribution >= 0.6 is 15.9 Å². The van der Waals surface area contributed by atoms with Crippen LogP contribution in [0.25, 0.3) is 11.4 Å². The van der Waals surface area contributed by atoms with Crippen LogP contribution in [0.15, 0.2) is 22.7 Å². The van der Waals surface area contributed by atoms with Gasteiger partial charge in [-0.2, -0.15) is 0 Å². The van der Waals surface area contributed by atoms with Crippen molar-refractivity contribution in [2.24, 2.45) is 0 Å². The molecule has 16 heavy (non-hydrogen) atoms. The standard InChI is InChI=1S/C9H10BrN5O/c1-16-5-2-3-7(10)6(4-5)8-13-14-9(11)15(8)12/h2-4H,12H2,1H3,(H2,11,14). The average molecular weight is 284 g/mol. The summed E-state index contributed by atoms with van der Waals surface area (Å²) >= 11 is 3.41. The Labute approximate surface area is 100 Å². The minimum Gasteiger partial charge on any atom is -0.497 e. The highest BCUT2D eigenvalue weighted by Crippen LogP contribution is 2.30. The SMILES string of the molecule is COc1ccc(Br)c(-c2nnc(N)n2N)c1. The summed E-state index contributed by atoms with van der Waals surface area (Å²) in [5, 5.41) is 7.59. The first-order valence-electron chi connectivity index (χ1n) is 4.43. The number of nitrogens with two attached hydrogens (primary N) is 2. The Morgan fingerprint density at radius 3 is 2.69 bits per heavy atom. The number of hydrogen-bond donors (Lipinski definition) is 2. The van der Waals surface area contributed by atoms with Gasteiger partial charge in [0, 0.05) is 10.0 Å². The lowest BCUT2D eigenvalue weighted by Gasteiger charge is -2.06. The molecular weight excluding hydrogens is 274 g/mol. The maximum Gasteiger partial charge on any atom is 0.241 e. The van der Waals surface area contributed by atoms with Crippen molar-refractivity contribution in [3.8, 4) is 17.1 Å². The Kier molecular flexibility index (Phi) is 2.69. The van der Waals surface area contributed by atoms with Crippen LogP contribution in [0, 0.1) is 0 Å². The van der Waals surface area contributed by atoms with Crippen molar-refractivity contribution < 1.29 is 4.74 Å². The van der Waals surface area contributed by atoms with Gasteiger partial charge in [0.2, 0.25) is 5.95 Å². The second-order valence-corrected chi connectivity index (χ2v) is 3.95. The number of ether oxygens (including phenoxy) is 1. The second-order valence-electron chi connectivity index (χ2n) is 3.10. The summed E-state index contributed by atoms with van der Waals surface area (Å²) in [6.07, 6.45) is 0. The third-order valence-electron chi connectivity index (χ3n) is 2.14. The normalized spacial score (nSPS) is 10.4. The molecular formula is C9H10BrN5O. The van der Waals surface area contributed by atoms with Crippen LogP contribution in [0.3, 0.4) is 0 Å². The monoisotopic (exact) mass is 283 g/mol. The van der Waals surface area contributed by atoms with Gasteiger partial charge in [0.15, 0.2) is 5.82 Å². The van der Waals surface area contributed by atoms with Crippen molar-refractivity contribution in [3.05, 3.63) is 22.7 Å². The molecule has 0 bridgehead atoms. The number of halogens is 1. The third-order valence-corrected chi connectivity index (χ3v) is 2.83. The van der Waals surface area contributed by atoms with E-state index < -0.39 is 0 Å². The first-order chi connectivity index (χ1) is 7.63. The van der Waals surface area contributed by atoms with E-state index in [1.54, 1.807) is 13.2 Å². The highest BCUT2D eigenvalue weighted by Gasteiger charge is 2.13. The third kappa shape index (κ3) is 1.69. The van der Waals surface area contributed by atoms with Gasteiger partial charge in [-0.25, -0.2) is 4.68 Å². The van der Waals surface area contributed by atoms with Crippen LogP contribution in [0.5, 0.6) is 5.75 Å². The average Bonchev–Trinajstić information content (AvgIpc) is 2.61. The quantitative estimate of drug-likeness (QED) is 0.803. The molecule has 1 aromatic heterocycles. The second kappa shape index (κ2) is 4.01. The van der Waals surface area contributed by atoms with Gasteiger partial charge in [-0.05, 0) is 18.2 Å². The van der Waals surface area contributed by atoms with E-state index >= 15 is 0 Å². The first-order valence-corrected chi connectivity index (χ1v) is 5.22. The van der Waals surface area contributed by atoms with Gasteiger partial charge >= 0.3 is 0 Å². The summed E-state index contributed by atoms with van der Waals surface area (Å²) < 4.78 is 7.19. The smallest absolute Gasteiger partial charge is 0.241 e. The van der Waals surface area contributed by atoms with Crippen LogP contribution < -0.4 is 16.3 Å². The minimum absolute atomic E-state index is 0.157. The van der Waals surface area contributed by atoms with Crippen LogP contribution in [0.1, 0.15) is 0 Å². The highest BCUT2D eigenvalue weighted by molar-refractivity contribution is 9.10. The fourth-order valence-electron chi connectivity index (χ4n) is 1.29. The van der Waals surface area contributed by atoms with E-state index in [1.165, 1.54) is 4.68 Å². The molecule has 0 atom stereocenters. The maximum absolute atomic E-state index is 5.70. The number of anilines is 1. The molecule has 6 nitrogen and oxygen atoms in total. The van der Waals surface area contributed by atoms with E-state index in [0.29, 0.717) is 11.6 Å². The van der Waals surface area contributed by atoms with Gasteiger partial charge in [-0.1, -0.05) is 15.9 Å². The fraction of sp³-hybridized carbons (Fsp3) is 0.111. The molecule has 2 rings (SSSR count).